The van der Waals surface area contributed by atoms with Gasteiger partial charge in [-0.3, -0.25) is 0 Å². The lowest BCUT2D eigenvalue weighted by Crippen LogP contribution is -1.80. The van der Waals surface area contributed by atoms with Crippen LogP contribution in [0.15, 0.2) is 58.3 Å². The van der Waals surface area contributed by atoms with Crippen LogP contribution in [0.5, 0.6) is 0 Å². The molecule has 2 aromatic rings. The van der Waals surface area contributed by atoms with E-state index in [4.69, 9.17) is 5.26 Å². The molecule has 16 heavy (non-hydrogen) atoms. The first-order valence-electron chi connectivity index (χ1n) is 4.72. The number of nitrogens with zero attached hydrogens (tertiary/aromatic N) is 1. The topological polar surface area (TPSA) is 23.8 Å². The number of hydrogen-bond acceptors (Lipinski definition) is 2. The summed E-state index contributed by atoms with van der Waals surface area (Å²) in [5, 5.41) is 8.75. The van der Waals surface area contributed by atoms with Crippen molar-refractivity contribution < 1.29 is 4.39 Å². The zero-order valence-electron chi connectivity index (χ0n) is 8.35. The summed E-state index contributed by atoms with van der Waals surface area (Å²) >= 11 is 1.32. The molecule has 0 aliphatic heterocycles. The third kappa shape index (κ3) is 2.41. The molecule has 0 unspecified atom stereocenters. The van der Waals surface area contributed by atoms with Crippen molar-refractivity contribution in [3.8, 4) is 6.07 Å². The number of benzene rings is 2. The van der Waals surface area contributed by atoms with Gasteiger partial charge >= 0.3 is 0 Å². The lowest BCUT2D eigenvalue weighted by Gasteiger charge is -2.02. The van der Waals surface area contributed by atoms with Crippen LogP contribution in [0.2, 0.25) is 0 Å². The summed E-state index contributed by atoms with van der Waals surface area (Å²) in [5.41, 5.74) is 0.585. The van der Waals surface area contributed by atoms with Gasteiger partial charge < -0.3 is 0 Å². The predicted octanol–water partition coefficient (Wildman–Crippen LogP) is 3.85. The SMILES string of the molecule is N#Cc1cccc(Sc2ccccc2F)c1. The third-order valence-corrected chi connectivity index (χ3v) is 3.07. The van der Waals surface area contributed by atoms with Gasteiger partial charge in [0, 0.05) is 9.79 Å². The molecule has 2 rings (SSSR count). The zero-order chi connectivity index (χ0) is 11.4. The van der Waals surface area contributed by atoms with Crippen molar-refractivity contribution in [3.05, 3.63) is 59.9 Å². The Labute approximate surface area is 97.5 Å². The van der Waals surface area contributed by atoms with E-state index in [9.17, 15) is 4.39 Å². The molecular formula is C13H8FNS. The molecule has 0 N–H and O–H groups in total. The van der Waals surface area contributed by atoms with E-state index in [0.717, 1.165) is 4.90 Å². The van der Waals surface area contributed by atoms with Crippen molar-refractivity contribution in [1.82, 2.24) is 0 Å². The van der Waals surface area contributed by atoms with Crippen molar-refractivity contribution in [2.75, 3.05) is 0 Å². The molecule has 0 spiro atoms. The van der Waals surface area contributed by atoms with Crippen LogP contribution in [0.1, 0.15) is 5.56 Å². The molecule has 0 heterocycles. The summed E-state index contributed by atoms with van der Waals surface area (Å²) in [4.78, 5) is 1.43. The Kier molecular flexibility index (Phi) is 3.23. The van der Waals surface area contributed by atoms with E-state index in [0.29, 0.717) is 10.5 Å². The number of rotatable bonds is 2. The summed E-state index contributed by atoms with van der Waals surface area (Å²) in [6, 6.07) is 15.8. The molecule has 0 bridgehead atoms. The van der Waals surface area contributed by atoms with Crippen LogP contribution < -0.4 is 0 Å². The van der Waals surface area contributed by atoms with Gasteiger partial charge in [0.1, 0.15) is 5.82 Å². The Morgan fingerprint density at radius 1 is 1.06 bits per heavy atom. The molecule has 2 aromatic carbocycles. The fourth-order valence-electron chi connectivity index (χ4n) is 1.28. The molecule has 0 atom stereocenters. The Balaban J connectivity index is 2.28. The van der Waals surface area contributed by atoms with Crippen LogP contribution in [-0.4, -0.2) is 0 Å². The maximum absolute atomic E-state index is 13.4. The van der Waals surface area contributed by atoms with Crippen molar-refractivity contribution in [3.63, 3.8) is 0 Å². The molecule has 78 valence electrons. The quantitative estimate of drug-likeness (QED) is 0.781. The van der Waals surface area contributed by atoms with Crippen molar-refractivity contribution >= 4 is 11.8 Å². The van der Waals surface area contributed by atoms with Gasteiger partial charge in [0.2, 0.25) is 0 Å². The van der Waals surface area contributed by atoms with Crippen LogP contribution in [0.25, 0.3) is 0 Å². The van der Waals surface area contributed by atoms with E-state index < -0.39 is 0 Å². The van der Waals surface area contributed by atoms with E-state index in [1.54, 1.807) is 36.4 Å². The maximum atomic E-state index is 13.4. The summed E-state index contributed by atoms with van der Waals surface area (Å²) in [6.45, 7) is 0. The Bertz CT molecular complexity index is 546. The largest absolute Gasteiger partial charge is 0.206 e. The van der Waals surface area contributed by atoms with Crippen molar-refractivity contribution in [1.29, 1.82) is 5.26 Å². The number of halogens is 1. The van der Waals surface area contributed by atoms with E-state index in [-0.39, 0.29) is 5.82 Å². The molecule has 1 nitrogen and oxygen atoms in total. The second-order valence-corrected chi connectivity index (χ2v) is 4.29. The first-order chi connectivity index (χ1) is 7.79. The standard InChI is InChI=1S/C13H8FNS/c14-12-6-1-2-7-13(12)16-11-5-3-4-10(8-11)9-15/h1-8H. The van der Waals surface area contributed by atoms with E-state index in [2.05, 4.69) is 6.07 Å². The van der Waals surface area contributed by atoms with Gasteiger partial charge in [-0.05, 0) is 30.3 Å². The highest BCUT2D eigenvalue weighted by molar-refractivity contribution is 7.99. The Morgan fingerprint density at radius 2 is 1.88 bits per heavy atom. The van der Waals surface area contributed by atoms with Gasteiger partial charge in [-0.25, -0.2) is 4.39 Å². The molecule has 0 saturated heterocycles. The van der Waals surface area contributed by atoms with Crippen molar-refractivity contribution in [2.24, 2.45) is 0 Å². The fourth-order valence-corrected chi connectivity index (χ4v) is 2.18. The molecule has 0 fully saturated rings. The van der Waals surface area contributed by atoms with E-state index >= 15 is 0 Å². The lowest BCUT2D eigenvalue weighted by atomic mass is 10.2. The van der Waals surface area contributed by atoms with Crippen molar-refractivity contribution in [2.45, 2.75) is 9.79 Å². The molecule has 0 aliphatic carbocycles. The van der Waals surface area contributed by atoms with E-state index in [1.807, 2.05) is 6.07 Å². The molecule has 3 heteroatoms. The lowest BCUT2D eigenvalue weighted by molar-refractivity contribution is 0.602. The van der Waals surface area contributed by atoms with Gasteiger partial charge in [0.05, 0.1) is 11.6 Å². The minimum Gasteiger partial charge on any atom is -0.206 e. The normalized spacial score (nSPS) is 9.75. The highest BCUT2D eigenvalue weighted by atomic mass is 32.2. The summed E-state index contributed by atoms with van der Waals surface area (Å²) < 4.78 is 13.4. The van der Waals surface area contributed by atoms with Crippen LogP contribution in [0.4, 0.5) is 4.39 Å². The van der Waals surface area contributed by atoms with Gasteiger partial charge in [-0.1, -0.05) is 30.0 Å². The fraction of sp³-hybridized carbons (Fsp3) is 0. The van der Waals surface area contributed by atoms with Gasteiger partial charge in [-0.2, -0.15) is 5.26 Å². The third-order valence-electron chi connectivity index (χ3n) is 2.03. The van der Waals surface area contributed by atoms with Crippen LogP contribution >= 0.6 is 11.8 Å². The number of hydrogen-bond donors (Lipinski definition) is 0. The first-order valence-corrected chi connectivity index (χ1v) is 5.54. The highest BCUT2D eigenvalue weighted by Crippen LogP contribution is 2.29. The van der Waals surface area contributed by atoms with E-state index in [1.165, 1.54) is 17.8 Å². The summed E-state index contributed by atoms with van der Waals surface area (Å²) in [6.07, 6.45) is 0. The second kappa shape index (κ2) is 4.82. The predicted molar refractivity (Wildman–Crippen MR) is 61.7 cm³/mol. The summed E-state index contributed by atoms with van der Waals surface area (Å²) in [5.74, 6) is -0.241. The summed E-state index contributed by atoms with van der Waals surface area (Å²) in [7, 11) is 0. The van der Waals surface area contributed by atoms with Gasteiger partial charge in [0.25, 0.3) is 0 Å². The molecule has 0 aromatic heterocycles. The monoisotopic (exact) mass is 229 g/mol. The Hall–Kier alpha value is -1.79. The van der Waals surface area contributed by atoms with Gasteiger partial charge in [0.15, 0.2) is 0 Å². The van der Waals surface area contributed by atoms with Crippen LogP contribution in [0, 0.1) is 17.1 Å². The average Bonchev–Trinajstić information content (AvgIpc) is 2.32. The van der Waals surface area contributed by atoms with Crippen LogP contribution in [0.3, 0.4) is 0 Å². The minimum absolute atomic E-state index is 0.241. The minimum atomic E-state index is -0.241. The molecule has 0 amide bonds. The first kappa shape index (κ1) is 10.7. The zero-order valence-corrected chi connectivity index (χ0v) is 9.17. The molecule has 0 radical (unpaired) electrons. The number of nitriles is 1. The molecule has 0 aliphatic rings. The van der Waals surface area contributed by atoms with Gasteiger partial charge in [-0.15, -0.1) is 0 Å². The maximum Gasteiger partial charge on any atom is 0.137 e. The second-order valence-electron chi connectivity index (χ2n) is 3.17. The smallest absolute Gasteiger partial charge is 0.137 e. The van der Waals surface area contributed by atoms with Crippen LogP contribution in [-0.2, 0) is 0 Å². The highest BCUT2D eigenvalue weighted by Gasteiger charge is 2.03. The molecule has 0 saturated carbocycles. The Morgan fingerprint density at radius 3 is 2.62 bits per heavy atom. The average molecular weight is 229 g/mol. The molecular weight excluding hydrogens is 221 g/mol.